The fourth-order valence-electron chi connectivity index (χ4n) is 3.33. The molecule has 0 saturated carbocycles. The lowest BCUT2D eigenvalue weighted by molar-refractivity contribution is -0.116. The van der Waals surface area contributed by atoms with Gasteiger partial charge in [-0.2, -0.15) is 0 Å². The Hall–Kier alpha value is -3.19. The Morgan fingerprint density at radius 2 is 1.75 bits per heavy atom. The van der Waals surface area contributed by atoms with Gasteiger partial charge in [0.1, 0.15) is 22.1 Å². The van der Waals surface area contributed by atoms with Gasteiger partial charge in [0.05, 0.1) is 13.7 Å². The lowest BCUT2D eigenvalue weighted by atomic mass is 10.0. The van der Waals surface area contributed by atoms with Crippen LogP contribution in [-0.4, -0.2) is 25.6 Å². The number of thiophene rings is 1. The number of carbonyl (C=O) groups excluding carboxylic acids is 2. The summed E-state index contributed by atoms with van der Waals surface area (Å²) in [6, 6.07) is 13.8. The Balaban J connectivity index is 1.65. The molecule has 1 heterocycles. The molecule has 0 fully saturated rings. The fraction of sp³-hybridized carbons (Fsp3) is 0.280. The number of amides is 1. The van der Waals surface area contributed by atoms with E-state index < -0.39 is 5.97 Å². The molecule has 0 spiro atoms. The van der Waals surface area contributed by atoms with Gasteiger partial charge in [0.15, 0.2) is 0 Å². The zero-order chi connectivity index (χ0) is 23.1. The first-order valence-electron chi connectivity index (χ1n) is 10.4. The van der Waals surface area contributed by atoms with Gasteiger partial charge in [-0.1, -0.05) is 31.2 Å². The number of anilines is 1. The first kappa shape index (κ1) is 23.5. The minimum absolute atomic E-state index is 0.216. The first-order chi connectivity index (χ1) is 15.4. The smallest absolute Gasteiger partial charge is 0.341 e. The van der Waals surface area contributed by atoms with Crippen LogP contribution in [0.1, 0.15) is 40.6 Å². The van der Waals surface area contributed by atoms with Gasteiger partial charge in [0, 0.05) is 16.9 Å². The fourth-order valence-corrected chi connectivity index (χ4v) is 4.41. The zero-order valence-corrected chi connectivity index (χ0v) is 19.2. The molecule has 0 aliphatic heterocycles. The molecule has 168 valence electrons. The molecule has 0 atom stereocenters. The van der Waals surface area contributed by atoms with Crippen LogP contribution in [0, 0.1) is 12.7 Å². The summed E-state index contributed by atoms with van der Waals surface area (Å²) in [5.74, 6) is -0.360. The normalized spacial score (nSPS) is 10.6. The Morgan fingerprint density at radius 1 is 1.06 bits per heavy atom. The highest BCUT2D eigenvalue weighted by molar-refractivity contribution is 7.17. The minimum atomic E-state index is -0.553. The largest absolute Gasteiger partial charge is 0.494 e. The summed E-state index contributed by atoms with van der Waals surface area (Å²) in [4.78, 5) is 25.8. The third kappa shape index (κ3) is 5.73. The zero-order valence-electron chi connectivity index (χ0n) is 18.4. The first-order valence-corrected chi connectivity index (χ1v) is 11.2. The standard InChI is InChI=1S/C25H26FNO4S/c1-4-17-7-13-20(14-8-17)31-15-5-6-21(28)27-24-23(25(29)30-3)22(16(2)32-24)18-9-11-19(26)12-10-18/h7-14H,4-6,15H2,1-3H3,(H,27,28). The van der Waals surface area contributed by atoms with Crippen LogP contribution in [0.3, 0.4) is 0 Å². The number of benzene rings is 2. The molecule has 1 N–H and O–H groups in total. The summed E-state index contributed by atoms with van der Waals surface area (Å²) in [6.07, 6.45) is 1.75. The molecule has 3 aromatic rings. The lowest BCUT2D eigenvalue weighted by Crippen LogP contribution is -2.15. The third-order valence-corrected chi connectivity index (χ3v) is 6.03. The van der Waals surface area contributed by atoms with Crippen molar-refractivity contribution in [3.8, 4) is 16.9 Å². The second kappa shape index (κ2) is 10.9. The molecule has 0 unspecified atom stereocenters. The number of hydrogen-bond acceptors (Lipinski definition) is 5. The van der Waals surface area contributed by atoms with E-state index in [4.69, 9.17) is 9.47 Å². The molecule has 32 heavy (non-hydrogen) atoms. The van der Waals surface area contributed by atoms with Crippen LogP contribution < -0.4 is 10.1 Å². The Labute approximate surface area is 191 Å². The van der Waals surface area contributed by atoms with Crippen molar-refractivity contribution in [2.45, 2.75) is 33.1 Å². The quantitative estimate of drug-likeness (QED) is 0.317. The molecule has 5 nitrogen and oxygen atoms in total. The van der Waals surface area contributed by atoms with E-state index in [1.54, 1.807) is 12.1 Å². The van der Waals surface area contributed by atoms with Gasteiger partial charge in [0.25, 0.3) is 0 Å². The van der Waals surface area contributed by atoms with Gasteiger partial charge in [-0.05, 0) is 55.2 Å². The average molecular weight is 456 g/mol. The molecular weight excluding hydrogens is 429 g/mol. The van der Waals surface area contributed by atoms with Crippen LogP contribution in [0.15, 0.2) is 48.5 Å². The molecule has 0 radical (unpaired) electrons. The van der Waals surface area contributed by atoms with E-state index in [1.807, 2.05) is 31.2 Å². The molecule has 0 bridgehead atoms. The van der Waals surface area contributed by atoms with Crippen LogP contribution in [0.4, 0.5) is 9.39 Å². The average Bonchev–Trinajstić information content (AvgIpc) is 3.12. The summed E-state index contributed by atoms with van der Waals surface area (Å²) in [5.41, 5.74) is 2.84. The van der Waals surface area contributed by atoms with Crippen LogP contribution in [-0.2, 0) is 16.0 Å². The molecule has 0 aliphatic carbocycles. The molecule has 3 rings (SSSR count). The topological polar surface area (TPSA) is 64.6 Å². The van der Waals surface area contributed by atoms with Crippen molar-refractivity contribution in [1.82, 2.24) is 0 Å². The van der Waals surface area contributed by atoms with Crippen LogP contribution >= 0.6 is 11.3 Å². The third-order valence-electron chi connectivity index (χ3n) is 5.01. The molecule has 7 heteroatoms. The highest BCUT2D eigenvalue weighted by Gasteiger charge is 2.25. The van der Waals surface area contributed by atoms with Gasteiger partial charge in [-0.3, -0.25) is 4.79 Å². The molecule has 1 amide bonds. The Bertz CT molecular complexity index is 1070. The molecule has 0 saturated heterocycles. The van der Waals surface area contributed by atoms with Crippen molar-refractivity contribution in [2.75, 3.05) is 19.0 Å². The van der Waals surface area contributed by atoms with E-state index in [2.05, 4.69) is 12.2 Å². The van der Waals surface area contributed by atoms with Crippen molar-refractivity contribution < 1.29 is 23.5 Å². The number of methoxy groups -OCH3 is 1. The van der Waals surface area contributed by atoms with E-state index in [1.165, 1.54) is 36.1 Å². The van der Waals surface area contributed by atoms with E-state index in [9.17, 15) is 14.0 Å². The van der Waals surface area contributed by atoms with Crippen LogP contribution in [0.5, 0.6) is 5.75 Å². The number of rotatable bonds is 9. The number of halogens is 1. The number of carbonyl (C=O) groups is 2. The summed E-state index contributed by atoms with van der Waals surface area (Å²) < 4.78 is 24.0. The second-order valence-corrected chi connectivity index (χ2v) is 8.46. The van der Waals surface area contributed by atoms with Gasteiger partial charge >= 0.3 is 5.97 Å². The number of nitrogens with one attached hydrogen (secondary N) is 1. The highest BCUT2D eigenvalue weighted by Crippen LogP contribution is 2.40. The van der Waals surface area contributed by atoms with Crippen LogP contribution in [0.2, 0.25) is 0 Å². The lowest BCUT2D eigenvalue weighted by Gasteiger charge is -2.09. The maximum Gasteiger partial charge on any atom is 0.341 e. The molecular formula is C25H26FNO4S. The Morgan fingerprint density at radius 3 is 2.38 bits per heavy atom. The monoisotopic (exact) mass is 455 g/mol. The second-order valence-electron chi connectivity index (χ2n) is 7.23. The van der Waals surface area contributed by atoms with Gasteiger partial charge < -0.3 is 14.8 Å². The molecule has 0 aliphatic rings. The van der Waals surface area contributed by atoms with E-state index in [0.717, 1.165) is 17.0 Å². The van der Waals surface area contributed by atoms with Crippen molar-refractivity contribution in [1.29, 1.82) is 0 Å². The number of ether oxygens (including phenoxy) is 2. The number of hydrogen-bond donors (Lipinski definition) is 1. The highest BCUT2D eigenvalue weighted by atomic mass is 32.1. The predicted molar refractivity (Wildman–Crippen MR) is 125 cm³/mol. The molecule has 2 aromatic carbocycles. The van der Waals surface area contributed by atoms with E-state index in [-0.39, 0.29) is 23.7 Å². The van der Waals surface area contributed by atoms with Gasteiger partial charge in [-0.15, -0.1) is 11.3 Å². The predicted octanol–water partition coefficient (Wildman–Crippen LogP) is 6.01. The number of aryl methyl sites for hydroxylation is 2. The van der Waals surface area contributed by atoms with Crippen LogP contribution in [0.25, 0.3) is 11.1 Å². The van der Waals surface area contributed by atoms with Gasteiger partial charge in [-0.25, -0.2) is 9.18 Å². The molecule has 1 aromatic heterocycles. The Kier molecular flexibility index (Phi) is 8.00. The van der Waals surface area contributed by atoms with E-state index in [0.29, 0.717) is 29.2 Å². The van der Waals surface area contributed by atoms with E-state index >= 15 is 0 Å². The van der Waals surface area contributed by atoms with Crippen molar-refractivity contribution in [3.05, 3.63) is 70.4 Å². The SMILES string of the molecule is CCc1ccc(OCCCC(=O)Nc2sc(C)c(-c3ccc(F)cc3)c2C(=O)OC)cc1. The summed E-state index contributed by atoms with van der Waals surface area (Å²) in [7, 11) is 1.29. The summed E-state index contributed by atoms with van der Waals surface area (Å²) in [5, 5.41) is 3.26. The van der Waals surface area contributed by atoms with Crippen molar-refractivity contribution >= 4 is 28.2 Å². The summed E-state index contributed by atoms with van der Waals surface area (Å²) >= 11 is 1.29. The summed E-state index contributed by atoms with van der Waals surface area (Å²) in [6.45, 7) is 4.36. The van der Waals surface area contributed by atoms with Crippen molar-refractivity contribution in [3.63, 3.8) is 0 Å². The van der Waals surface area contributed by atoms with Gasteiger partial charge in [0.2, 0.25) is 5.91 Å². The minimum Gasteiger partial charge on any atom is -0.494 e. The maximum absolute atomic E-state index is 13.3. The maximum atomic E-state index is 13.3. The van der Waals surface area contributed by atoms with Crippen molar-refractivity contribution in [2.24, 2.45) is 0 Å². The number of esters is 1.